The molecule has 8 nitrogen and oxygen atoms in total. The standard InChI is InChI=1S/C49H96N4O4/c1-5-9-13-17-21-25-29-33-37-50-41-47(54)52(39-35-31-27-23-19-15-11-7-3)43-49(56)53(40-36-32-28-24-20-16-12-8-4)44-48(55)51(42-46-45-57-46)38-34-30-26-22-18-14-10-6-2/h46,50H,5-45H2,1-4H3. The summed E-state index contributed by atoms with van der Waals surface area (Å²) in [6.45, 7) is 13.5. The van der Waals surface area contributed by atoms with Crippen molar-refractivity contribution in [2.24, 2.45) is 0 Å². The molecular formula is C49H96N4O4. The van der Waals surface area contributed by atoms with E-state index in [1.54, 1.807) is 9.80 Å². The number of ether oxygens (including phenoxy) is 1. The van der Waals surface area contributed by atoms with Gasteiger partial charge in [0, 0.05) is 26.2 Å². The molecule has 0 aromatic heterocycles. The molecule has 0 bridgehead atoms. The van der Waals surface area contributed by atoms with Gasteiger partial charge in [0.15, 0.2) is 0 Å². The van der Waals surface area contributed by atoms with Crippen molar-refractivity contribution in [1.82, 2.24) is 20.0 Å². The molecule has 336 valence electrons. The third kappa shape index (κ3) is 32.8. The van der Waals surface area contributed by atoms with Gasteiger partial charge in [-0.1, -0.05) is 207 Å². The monoisotopic (exact) mass is 805 g/mol. The quantitative estimate of drug-likeness (QED) is 0.0490. The molecule has 0 spiro atoms. The third-order valence-corrected chi connectivity index (χ3v) is 11.9. The summed E-state index contributed by atoms with van der Waals surface area (Å²) in [5.74, 6) is -0.0576. The molecule has 8 heteroatoms. The van der Waals surface area contributed by atoms with Crippen molar-refractivity contribution in [3.8, 4) is 0 Å². The van der Waals surface area contributed by atoms with E-state index in [9.17, 15) is 14.4 Å². The molecule has 0 saturated carbocycles. The topological polar surface area (TPSA) is 85.5 Å². The Bertz CT molecular complexity index is 929. The Morgan fingerprint density at radius 3 is 1.09 bits per heavy atom. The second kappa shape index (κ2) is 39.8. The minimum absolute atomic E-state index is 0.00594. The van der Waals surface area contributed by atoms with Crippen molar-refractivity contribution in [2.45, 2.75) is 239 Å². The molecule has 1 unspecified atom stereocenters. The van der Waals surface area contributed by atoms with Crippen LogP contribution >= 0.6 is 0 Å². The summed E-state index contributed by atoms with van der Waals surface area (Å²) in [6.07, 6.45) is 39.1. The van der Waals surface area contributed by atoms with Crippen LogP contribution in [0.15, 0.2) is 0 Å². The number of nitrogens with zero attached hydrogens (tertiary/aromatic N) is 3. The van der Waals surface area contributed by atoms with E-state index < -0.39 is 0 Å². The SMILES string of the molecule is CCCCCCCCCCNCC(=O)N(CCCCCCCCCC)CC(=O)N(CCCCCCCCCC)CC(=O)N(CCCCCCCCCC)CC1CO1. The van der Waals surface area contributed by atoms with Crippen LogP contribution in [0.25, 0.3) is 0 Å². The number of rotatable bonds is 44. The summed E-state index contributed by atoms with van der Waals surface area (Å²) in [7, 11) is 0. The summed E-state index contributed by atoms with van der Waals surface area (Å²) >= 11 is 0. The zero-order valence-electron chi connectivity index (χ0n) is 38.5. The fourth-order valence-electron chi connectivity index (χ4n) is 7.85. The first-order valence-corrected chi connectivity index (χ1v) is 25.1. The normalized spacial score (nSPS) is 13.6. The second-order valence-corrected chi connectivity index (χ2v) is 17.5. The number of carbonyl (C=O) groups is 3. The zero-order valence-corrected chi connectivity index (χ0v) is 38.5. The number of amides is 3. The maximum absolute atomic E-state index is 14.2. The number of nitrogens with one attached hydrogen (secondary N) is 1. The number of hydrogen-bond donors (Lipinski definition) is 1. The van der Waals surface area contributed by atoms with E-state index in [0.717, 1.165) is 64.5 Å². The molecule has 1 heterocycles. The van der Waals surface area contributed by atoms with Gasteiger partial charge >= 0.3 is 0 Å². The Morgan fingerprint density at radius 2 is 0.719 bits per heavy atom. The van der Waals surface area contributed by atoms with Crippen molar-refractivity contribution in [3.63, 3.8) is 0 Å². The lowest BCUT2D eigenvalue weighted by Gasteiger charge is -2.30. The van der Waals surface area contributed by atoms with E-state index in [1.165, 1.54) is 154 Å². The van der Waals surface area contributed by atoms with Gasteiger partial charge in [-0.05, 0) is 32.2 Å². The second-order valence-electron chi connectivity index (χ2n) is 17.5. The molecule has 0 radical (unpaired) electrons. The first-order chi connectivity index (χ1) is 28.0. The van der Waals surface area contributed by atoms with E-state index in [-0.39, 0.29) is 43.5 Å². The fraction of sp³-hybridized carbons (Fsp3) is 0.939. The lowest BCUT2D eigenvalue weighted by molar-refractivity contribution is -0.144. The Labute approximate surface area is 354 Å². The predicted octanol–water partition coefficient (Wildman–Crippen LogP) is 12.0. The Hall–Kier alpha value is -1.67. The van der Waals surface area contributed by atoms with Crippen LogP contribution in [0.2, 0.25) is 0 Å². The van der Waals surface area contributed by atoms with Crippen molar-refractivity contribution in [3.05, 3.63) is 0 Å². The van der Waals surface area contributed by atoms with Crippen LogP contribution in [0.3, 0.4) is 0 Å². The maximum atomic E-state index is 14.2. The smallest absolute Gasteiger partial charge is 0.242 e. The van der Waals surface area contributed by atoms with Gasteiger partial charge < -0.3 is 24.8 Å². The van der Waals surface area contributed by atoms with Gasteiger partial charge in [0.05, 0.1) is 32.3 Å². The van der Waals surface area contributed by atoms with Gasteiger partial charge in [-0.2, -0.15) is 0 Å². The molecule has 0 aromatic rings. The summed E-state index contributed by atoms with van der Waals surface area (Å²) in [5.41, 5.74) is 0. The van der Waals surface area contributed by atoms with E-state index >= 15 is 0 Å². The molecule has 1 fully saturated rings. The van der Waals surface area contributed by atoms with Gasteiger partial charge in [-0.15, -0.1) is 0 Å². The highest BCUT2D eigenvalue weighted by atomic mass is 16.6. The van der Waals surface area contributed by atoms with Crippen LogP contribution in [-0.4, -0.2) is 97.5 Å². The van der Waals surface area contributed by atoms with E-state index in [2.05, 4.69) is 33.0 Å². The largest absolute Gasteiger partial charge is 0.371 e. The first-order valence-electron chi connectivity index (χ1n) is 25.1. The Kier molecular flexibility index (Phi) is 37.2. The fourth-order valence-corrected chi connectivity index (χ4v) is 7.85. The van der Waals surface area contributed by atoms with Crippen LogP contribution in [0.4, 0.5) is 0 Å². The van der Waals surface area contributed by atoms with E-state index in [0.29, 0.717) is 26.2 Å². The van der Waals surface area contributed by atoms with E-state index in [4.69, 9.17) is 4.74 Å². The van der Waals surface area contributed by atoms with Crippen LogP contribution in [0.1, 0.15) is 233 Å². The summed E-state index contributed by atoms with van der Waals surface area (Å²) in [6, 6.07) is 0. The Balaban J connectivity index is 2.86. The Morgan fingerprint density at radius 1 is 0.421 bits per heavy atom. The van der Waals surface area contributed by atoms with Crippen molar-refractivity contribution in [1.29, 1.82) is 0 Å². The number of epoxide rings is 1. The summed E-state index contributed by atoms with van der Waals surface area (Å²) in [5, 5.41) is 3.40. The molecule has 1 N–H and O–H groups in total. The molecule has 1 aliphatic rings. The minimum Gasteiger partial charge on any atom is -0.371 e. The van der Waals surface area contributed by atoms with Crippen molar-refractivity contribution < 1.29 is 19.1 Å². The summed E-state index contributed by atoms with van der Waals surface area (Å²) < 4.78 is 5.56. The van der Waals surface area contributed by atoms with Gasteiger partial charge in [-0.25, -0.2) is 0 Å². The first kappa shape index (κ1) is 53.3. The highest BCUT2D eigenvalue weighted by Gasteiger charge is 2.30. The van der Waals surface area contributed by atoms with Gasteiger partial charge in [0.2, 0.25) is 17.7 Å². The van der Waals surface area contributed by atoms with Gasteiger partial charge in [0.25, 0.3) is 0 Å². The molecule has 3 amide bonds. The van der Waals surface area contributed by atoms with Gasteiger partial charge in [0.1, 0.15) is 0 Å². The van der Waals surface area contributed by atoms with Crippen LogP contribution < -0.4 is 5.32 Å². The number of hydrogen-bond acceptors (Lipinski definition) is 5. The maximum Gasteiger partial charge on any atom is 0.242 e. The number of unbranched alkanes of at least 4 members (excludes halogenated alkanes) is 28. The molecule has 57 heavy (non-hydrogen) atoms. The zero-order chi connectivity index (χ0) is 41.4. The highest BCUT2D eigenvalue weighted by molar-refractivity contribution is 5.89. The predicted molar refractivity (Wildman–Crippen MR) is 243 cm³/mol. The number of carbonyl (C=O) groups excluding carboxylic acids is 3. The highest BCUT2D eigenvalue weighted by Crippen LogP contribution is 2.16. The van der Waals surface area contributed by atoms with Crippen molar-refractivity contribution in [2.75, 3.05) is 59.0 Å². The molecule has 1 atom stereocenters. The summed E-state index contributed by atoms with van der Waals surface area (Å²) in [4.78, 5) is 47.4. The minimum atomic E-state index is -0.0861. The lowest BCUT2D eigenvalue weighted by atomic mass is 10.1. The molecule has 1 rings (SSSR count). The third-order valence-electron chi connectivity index (χ3n) is 11.9. The average Bonchev–Trinajstić information content (AvgIpc) is 4.04. The van der Waals surface area contributed by atoms with Gasteiger partial charge in [-0.3, -0.25) is 14.4 Å². The molecule has 0 aromatic carbocycles. The van der Waals surface area contributed by atoms with Crippen LogP contribution in [0, 0.1) is 0 Å². The molecule has 1 aliphatic heterocycles. The average molecular weight is 805 g/mol. The van der Waals surface area contributed by atoms with Crippen LogP contribution in [0.5, 0.6) is 0 Å². The molecular weight excluding hydrogens is 709 g/mol. The van der Waals surface area contributed by atoms with Crippen LogP contribution in [-0.2, 0) is 19.1 Å². The molecule has 0 aliphatic carbocycles. The molecule has 1 saturated heterocycles. The lowest BCUT2D eigenvalue weighted by Crippen LogP contribution is -2.49. The van der Waals surface area contributed by atoms with Crippen molar-refractivity contribution >= 4 is 17.7 Å². The van der Waals surface area contributed by atoms with E-state index in [1.807, 2.05) is 4.90 Å².